The SMILES string of the molecule is CN(Cc1nc(-c2cccnc2)no1)c1ccc2ccccc2c1. The Hall–Kier alpha value is -3.21. The van der Waals surface area contributed by atoms with E-state index in [9.17, 15) is 0 Å². The lowest BCUT2D eigenvalue weighted by Crippen LogP contribution is -2.16. The van der Waals surface area contributed by atoms with Crippen LogP contribution < -0.4 is 4.90 Å². The number of anilines is 1. The molecule has 0 radical (unpaired) electrons. The van der Waals surface area contributed by atoms with E-state index in [0.29, 0.717) is 18.3 Å². The molecule has 0 aliphatic rings. The van der Waals surface area contributed by atoms with Gasteiger partial charge in [-0.05, 0) is 35.0 Å². The van der Waals surface area contributed by atoms with E-state index in [2.05, 4.69) is 50.4 Å². The molecule has 2 aromatic carbocycles. The third-order valence-electron chi connectivity index (χ3n) is 3.93. The molecule has 5 nitrogen and oxygen atoms in total. The second-order valence-corrected chi connectivity index (χ2v) is 5.64. The summed E-state index contributed by atoms with van der Waals surface area (Å²) in [5.74, 6) is 1.13. The summed E-state index contributed by atoms with van der Waals surface area (Å²) in [7, 11) is 2.01. The molecule has 0 aliphatic carbocycles. The van der Waals surface area contributed by atoms with E-state index in [1.54, 1.807) is 12.4 Å². The van der Waals surface area contributed by atoms with Gasteiger partial charge in [-0.1, -0.05) is 35.5 Å². The van der Waals surface area contributed by atoms with E-state index in [1.165, 1.54) is 10.8 Å². The first-order valence-electron chi connectivity index (χ1n) is 7.72. The van der Waals surface area contributed by atoms with E-state index >= 15 is 0 Å². The fourth-order valence-electron chi connectivity index (χ4n) is 2.64. The molecule has 0 spiro atoms. The van der Waals surface area contributed by atoms with Crippen LogP contribution in [0.5, 0.6) is 0 Å². The number of benzene rings is 2. The zero-order chi connectivity index (χ0) is 16.4. The highest BCUT2D eigenvalue weighted by Crippen LogP contribution is 2.23. The minimum absolute atomic E-state index is 0.547. The lowest BCUT2D eigenvalue weighted by molar-refractivity contribution is 0.378. The molecule has 0 atom stereocenters. The molecule has 4 aromatic rings. The van der Waals surface area contributed by atoms with Crippen molar-refractivity contribution in [2.45, 2.75) is 6.54 Å². The van der Waals surface area contributed by atoms with Gasteiger partial charge in [0.25, 0.3) is 0 Å². The molecular formula is C19H16N4O. The van der Waals surface area contributed by atoms with Crippen LogP contribution in [-0.2, 0) is 6.54 Å². The second kappa shape index (κ2) is 6.12. The molecule has 4 rings (SSSR count). The molecule has 0 amide bonds. The van der Waals surface area contributed by atoms with Crippen LogP contribution in [0.25, 0.3) is 22.2 Å². The Bertz CT molecular complexity index is 965. The summed E-state index contributed by atoms with van der Waals surface area (Å²) < 4.78 is 5.37. The van der Waals surface area contributed by atoms with Gasteiger partial charge < -0.3 is 9.42 Å². The average molecular weight is 316 g/mol. The van der Waals surface area contributed by atoms with Gasteiger partial charge in [-0.25, -0.2) is 0 Å². The molecule has 0 bridgehead atoms. The van der Waals surface area contributed by atoms with Gasteiger partial charge in [0.15, 0.2) is 0 Å². The number of fused-ring (bicyclic) bond motifs is 1. The molecule has 0 saturated heterocycles. The number of rotatable bonds is 4. The van der Waals surface area contributed by atoms with Crippen LogP contribution in [0, 0.1) is 0 Å². The van der Waals surface area contributed by atoms with Crippen molar-refractivity contribution >= 4 is 16.5 Å². The van der Waals surface area contributed by atoms with Gasteiger partial charge in [0.05, 0.1) is 6.54 Å². The number of hydrogen-bond acceptors (Lipinski definition) is 5. The van der Waals surface area contributed by atoms with Gasteiger partial charge in [0, 0.05) is 30.7 Å². The van der Waals surface area contributed by atoms with Gasteiger partial charge in [-0.2, -0.15) is 4.98 Å². The lowest BCUT2D eigenvalue weighted by Gasteiger charge is -2.17. The first-order chi connectivity index (χ1) is 11.8. The highest BCUT2D eigenvalue weighted by molar-refractivity contribution is 5.85. The first kappa shape index (κ1) is 14.4. The second-order valence-electron chi connectivity index (χ2n) is 5.64. The van der Waals surface area contributed by atoms with Gasteiger partial charge >= 0.3 is 0 Å². The van der Waals surface area contributed by atoms with Crippen LogP contribution in [0.3, 0.4) is 0 Å². The van der Waals surface area contributed by atoms with Crippen molar-refractivity contribution < 1.29 is 4.52 Å². The molecule has 2 heterocycles. The van der Waals surface area contributed by atoms with Crippen molar-refractivity contribution in [3.05, 3.63) is 72.9 Å². The maximum atomic E-state index is 5.37. The van der Waals surface area contributed by atoms with Crippen molar-refractivity contribution in [1.29, 1.82) is 0 Å². The zero-order valence-corrected chi connectivity index (χ0v) is 13.3. The van der Waals surface area contributed by atoms with Gasteiger partial charge in [0.2, 0.25) is 11.7 Å². The summed E-state index contributed by atoms with van der Waals surface area (Å²) in [6, 6.07) is 18.5. The fourth-order valence-corrected chi connectivity index (χ4v) is 2.64. The third-order valence-corrected chi connectivity index (χ3v) is 3.93. The van der Waals surface area contributed by atoms with E-state index in [-0.39, 0.29) is 0 Å². The molecule has 118 valence electrons. The smallest absolute Gasteiger partial charge is 0.246 e. The van der Waals surface area contributed by atoms with Crippen LogP contribution in [0.15, 0.2) is 71.5 Å². The average Bonchev–Trinajstić information content (AvgIpc) is 3.10. The minimum atomic E-state index is 0.547. The molecule has 0 fully saturated rings. The Morgan fingerprint density at radius 1 is 1.00 bits per heavy atom. The first-order valence-corrected chi connectivity index (χ1v) is 7.72. The van der Waals surface area contributed by atoms with Crippen LogP contribution in [-0.4, -0.2) is 22.2 Å². The molecular weight excluding hydrogens is 300 g/mol. The Kier molecular flexibility index (Phi) is 3.67. The highest BCUT2D eigenvalue weighted by atomic mass is 16.5. The minimum Gasteiger partial charge on any atom is -0.365 e. The lowest BCUT2D eigenvalue weighted by atomic mass is 10.1. The normalized spacial score (nSPS) is 10.9. The van der Waals surface area contributed by atoms with Crippen LogP contribution in [0.1, 0.15) is 5.89 Å². The van der Waals surface area contributed by atoms with E-state index in [0.717, 1.165) is 11.3 Å². The summed E-state index contributed by atoms with van der Waals surface area (Å²) in [6.45, 7) is 0.547. The maximum Gasteiger partial charge on any atom is 0.246 e. The van der Waals surface area contributed by atoms with Gasteiger partial charge in [0.1, 0.15) is 0 Å². The topological polar surface area (TPSA) is 55.1 Å². The van der Waals surface area contributed by atoms with Crippen molar-refractivity contribution in [2.75, 3.05) is 11.9 Å². The summed E-state index contributed by atoms with van der Waals surface area (Å²) in [4.78, 5) is 10.6. The molecule has 0 unspecified atom stereocenters. The third kappa shape index (κ3) is 2.84. The van der Waals surface area contributed by atoms with E-state index in [4.69, 9.17) is 4.52 Å². The maximum absolute atomic E-state index is 5.37. The summed E-state index contributed by atoms with van der Waals surface area (Å²) in [5, 5.41) is 6.47. The summed E-state index contributed by atoms with van der Waals surface area (Å²) in [6.07, 6.45) is 3.44. The van der Waals surface area contributed by atoms with Crippen molar-refractivity contribution in [1.82, 2.24) is 15.1 Å². The van der Waals surface area contributed by atoms with Crippen LogP contribution >= 0.6 is 0 Å². The Balaban J connectivity index is 1.55. The number of nitrogens with zero attached hydrogens (tertiary/aromatic N) is 4. The molecule has 5 heteroatoms. The van der Waals surface area contributed by atoms with E-state index in [1.807, 2.05) is 31.3 Å². The van der Waals surface area contributed by atoms with Crippen LogP contribution in [0.4, 0.5) is 5.69 Å². The fraction of sp³-hybridized carbons (Fsp3) is 0.105. The largest absolute Gasteiger partial charge is 0.365 e. The molecule has 0 saturated carbocycles. The van der Waals surface area contributed by atoms with E-state index < -0.39 is 0 Å². The summed E-state index contributed by atoms with van der Waals surface area (Å²) in [5.41, 5.74) is 1.95. The molecule has 0 N–H and O–H groups in total. The van der Waals surface area contributed by atoms with Crippen molar-refractivity contribution in [3.63, 3.8) is 0 Å². The Morgan fingerprint density at radius 2 is 1.88 bits per heavy atom. The summed E-state index contributed by atoms with van der Waals surface area (Å²) >= 11 is 0. The highest BCUT2D eigenvalue weighted by Gasteiger charge is 2.11. The molecule has 24 heavy (non-hydrogen) atoms. The van der Waals surface area contributed by atoms with Gasteiger partial charge in [-0.3, -0.25) is 4.98 Å². The number of aromatic nitrogens is 3. The molecule has 2 aromatic heterocycles. The van der Waals surface area contributed by atoms with Crippen molar-refractivity contribution in [2.24, 2.45) is 0 Å². The van der Waals surface area contributed by atoms with Gasteiger partial charge in [-0.15, -0.1) is 0 Å². The van der Waals surface area contributed by atoms with Crippen molar-refractivity contribution in [3.8, 4) is 11.4 Å². The predicted octanol–water partition coefficient (Wildman–Crippen LogP) is 3.92. The number of pyridine rings is 1. The number of hydrogen-bond donors (Lipinski definition) is 0. The quantitative estimate of drug-likeness (QED) is 0.571. The Morgan fingerprint density at radius 3 is 2.71 bits per heavy atom. The zero-order valence-electron chi connectivity index (χ0n) is 13.3. The monoisotopic (exact) mass is 316 g/mol. The standard InChI is InChI=1S/C19H16N4O/c1-23(17-9-8-14-5-2-3-6-15(14)11-17)13-18-21-19(22-24-18)16-7-4-10-20-12-16/h2-12H,13H2,1H3. The Labute approximate surface area is 139 Å². The van der Waals surface area contributed by atoms with Crippen LogP contribution in [0.2, 0.25) is 0 Å². The molecule has 0 aliphatic heterocycles. The predicted molar refractivity (Wildman–Crippen MR) is 93.6 cm³/mol.